The van der Waals surface area contributed by atoms with Crippen molar-refractivity contribution >= 4 is 5.96 Å². The second kappa shape index (κ2) is 13.7. The van der Waals surface area contributed by atoms with Gasteiger partial charge in [-0.2, -0.15) is 0 Å². The highest BCUT2D eigenvalue weighted by atomic mass is 16.5. The predicted molar refractivity (Wildman–Crippen MR) is 124 cm³/mol. The quantitative estimate of drug-likeness (QED) is 0.318. The SMILES string of the molecule is CCNC(=NCc1cccc(CN2CCOC(C)C2)c1)NCCCOCC1CCCO1. The van der Waals surface area contributed by atoms with Crippen LogP contribution in [0.15, 0.2) is 29.3 Å². The number of nitrogens with one attached hydrogen (secondary N) is 2. The van der Waals surface area contributed by atoms with E-state index in [0.29, 0.717) is 25.4 Å². The molecule has 2 aliphatic heterocycles. The van der Waals surface area contributed by atoms with Crippen LogP contribution in [0.5, 0.6) is 0 Å². The highest BCUT2D eigenvalue weighted by Crippen LogP contribution is 2.13. The lowest BCUT2D eigenvalue weighted by molar-refractivity contribution is -0.0212. The fraction of sp³-hybridized carbons (Fsp3) is 0.708. The number of rotatable bonds is 11. The van der Waals surface area contributed by atoms with Crippen molar-refractivity contribution in [2.24, 2.45) is 4.99 Å². The molecule has 2 saturated heterocycles. The first-order valence-electron chi connectivity index (χ1n) is 11.9. The van der Waals surface area contributed by atoms with Gasteiger partial charge < -0.3 is 24.8 Å². The Morgan fingerprint density at radius 3 is 2.94 bits per heavy atom. The summed E-state index contributed by atoms with van der Waals surface area (Å²) >= 11 is 0. The van der Waals surface area contributed by atoms with Gasteiger partial charge in [-0.15, -0.1) is 0 Å². The molecule has 0 aromatic heterocycles. The van der Waals surface area contributed by atoms with E-state index in [9.17, 15) is 0 Å². The molecule has 31 heavy (non-hydrogen) atoms. The molecule has 2 fully saturated rings. The van der Waals surface area contributed by atoms with Crippen LogP contribution in [0, 0.1) is 0 Å². The zero-order valence-electron chi connectivity index (χ0n) is 19.3. The highest BCUT2D eigenvalue weighted by Gasteiger charge is 2.17. The molecule has 0 saturated carbocycles. The van der Waals surface area contributed by atoms with Crippen molar-refractivity contribution in [1.29, 1.82) is 0 Å². The molecule has 1 aromatic carbocycles. The van der Waals surface area contributed by atoms with Crippen LogP contribution in [-0.4, -0.2) is 75.7 Å². The van der Waals surface area contributed by atoms with E-state index in [1.165, 1.54) is 11.1 Å². The third-order valence-electron chi connectivity index (χ3n) is 5.57. The van der Waals surface area contributed by atoms with E-state index in [1.807, 2.05) is 0 Å². The van der Waals surface area contributed by atoms with Gasteiger partial charge in [-0.1, -0.05) is 24.3 Å². The molecular weight excluding hydrogens is 392 g/mol. The highest BCUT2D eigenvalue weighted by molar-refractivity contribution is 5.79. The van der Waals surface area contributed by atoms with Gasteiger partial charge in [0.05, 0.1) is 32.0 Å². The van der Waals surface area contributed by atoms with Gasteiger partial charge in [-0.05, 0) is 44.2 Å². The molecule has 0 aliphatic carbocycles. The number of ether oxygens (including phenoxy) is 3. The summed E-state index contributed by atoms with van der Waals surface area (Å²) in [4.78, 5) is 7.23. The Balaban J connectivity index is 1.39. The molecule has 2 unspecified atom stereocenters. The third kappa shape index (κ3) is 9.15. The topological polar surface area (TPSA) is 67.4 Å². The Morgan fingerprint density at radius 1 is 1.23 bits per heavy atom. The summed E-state index contributed by atoms with van der Waals surface area (Å²) in [5.41, 5.74) is 2.57. The number of aliphatic imine (C=N–C) groups is 1. The van der Waals surface area contributed by atoms with E-state index in [4.69, 9.17) is 19.2 Å². The lowest BCUT2D eigenvalue weighted by Gasteiger charge is -2.31. The second-order valence-electron chi connectivity index (χ2n) is 8.42. The maximum absolute atomic E-state index is 5.73. The minimum Gasteiger partial charge on any atom is -0.379 e. The van der Waals surface area contributed by atoms with Crippen LogP contribution in [0.3, 0.4) is 0 Å². The van der Waals surface area contributed by atoms with E-state index in [1.54, 1.807) is 0 Å². The second-order valence-corrected chi connectivity index (χ2v) is 8.42. The molecule has 0 bridgehead atoms. The smallest absolute Gasteiger partial charge is 0.191 e. The van der Waals surface area contributed by atoms with Gasteiger partial charge in [0, 0.05) is 45.9 Å². The van der Waals surface area contributed by atoms with Crippen molar-refractivity contribution in [1.82, 2.24) is 15.5 Å². The third-order valence-corrected chi connectivity index (χ3v) is 5.57. The Kier molecular flexibility index (Phi) is 10.6. The average molecular weight is 433 g/mol. The lowest BCUT2D eigenvalue weighted by Crippen LogP contribution is -2.40. The summed E-state index contributed by atoms with van der Waals surface area (Å²) in [6.07, 6.45) is 3.85. The Bertz CT molecular complexity index is 664. The van der Waals surface area contributed by atoms with Gasteiger partial charge in [0.1, 0.15) is 0 Å². The van der Waals surface area contributed by atoms with Crippen molar-refractivity contribution < 1.29 is 14.2 Å². The van der Waals surface area contributed by atoms with Crippen LogP contribution in [0.2, 0.25) is 0 Å². The van der Waals surface area contributed by atoms with Gasteiger partial charge in [0.15, 0.2) is 5.96 Å². The maximum atomic E-state index is 5.73. The van der Waals surface area contributed by atoms with Gasteiger partial charge >= 0.3 is 0 Å². The van der Waals surface area contributed by atoms with Crippen molar-refractivity contribution in [3.63, 3.8) is 0 Å². The first kappa shape index (κ1) is 24.0. The van der Waals surface area contributed by atoms with Crippen molar-refractivity contribution in [3.8, 4) is 0 Å². The van der Waals surface area contributed by atoms with Crippen molar-refractivity contribution in [3.05, 3.63) is 35.4 Å². The Labute approximate surface area is 187 Å². The standard InChI is InChI=1S/C24H40N4O3/c1-3-25-24(26-10-6-12-29-19-23-9-5-13-31-23)27-16-21-7-4-8-22(15-21)18-28-11-14-30-20(2)17-28/h4,7-8,15,20,23H,3,5-6,9-14,16-19H2,1-2H3,(H2,25,26,27). The Hall–Kier alpha value is -1.67. The lowest BCUT2D eigenvalue weighted by atomic mass is 10.1. The van der Waals surface area contributed by atoms with Crippen molar-refractivity contribution in [2.75, 3.05) is 52.6 Å². The van der Waals surface area contributed by atoms with E-state index < -0.39 is 0 Å². The maximum Gasteiger partial charge on any atom is 0.191 e. The molecule has 0 radical (unpaired) electrons. The van der Waals surface area contributed by atoms with Crippen LogP contribution >= 0.6 is 0 Å². The molecular formula is C24H40N4O3. The summed E-state index contributed by atoms with van der Waals surface area (Å²) < 4.78 is 17.0. The molecule has 7 heteroatoms. The fourth-order valence-electron chi connectivity index (χ4n) is 4.00. The van der Waals surface area contributed by atoms with Gasteiger partial charge in [-0.3, -0.25) is 4.90 Å². The zero-order valence-corrected chi connectivity index (χ0v) is 19.3. The normalized spacial score (nSPS) is 22.6. The van der Waals surface area contributed by atoms with Crippen LogP contribution < -0.4 is 10.6 Å². The van der Waals surface area contributed by atoms with Crippen LogP contribution in [-0.2, 0) is 27.3 Å². The molecule has 0 amide bonds. The summed E-state index contributed by atoms with van der Waals surface area (Å²) in [5, 5.41) is 6.74. The summed E-state index contributed by atoms with van der Waals surface area (Å²) in [7, 11) is 0. The van der Waals surface area contributed by atoms with Gasteiger partial charge in [-0.25, -0.2) is 4.99 Å². The van der Waals surface area contributed by atoms with E-state index in [0.717, 1.165) is 77.8 Å². The monoisotopic (exact) mass is 432 g/mol. The first-order chi connectivity index (χ1) is 15.2. The molecule has 2 heterocycles. The molecule has 2 atom stereocenters. The van der Waals surface area contributed by atoms with Crippen LogP contribution in [0.4, 0.5) is 0 Å². The van der Waals surface area contributed by atoms with E-state index >= 15 is 0 Å². The molecule has 2 N–H and O–H groups in total. The number of hydrogen-bond donors (Lipinski definition) is 2. The van der Waals surface area contributed by atoms with Crippen LogP contribution in [0.1, 0.15) is 44.2 Å². The molecule has 2 aliphatic rings. The molecule has 1 aromatic rings. The Morgan fingerprint density at radius 2 is 2.13 bits per heavy atom. The van der Waals surface area contributed by atoms with Gasteiger partial charge in [0.25, 0.3) is 0 Å². The average Bonchev–Trinajstić information content (AvgIpc) is 3.28. The minimum atomic E-state index is 0.300. The zero-order chi connectivity index (χ0) is 21.7. The number of morpholine rings is 1. The van der Waals surface area contributed by atoms with Crippen molar-refractivity contribution in [2.45, 2.75) is 58.4 Å². The van der Waals surface area contributed by atoms with Crippen LogP contribution in [0.25, 0.3) is 0 Å². The largest absolute Gasteiger partial charge is 0.379 e. The molecule has 3 rings (SSSR count). The summed E-state index contributed by atoms with van der Waals surface area (Å²) in [6.45, 7) is 12.7. The number of nitrogens with zero attached hydrogens (tertiary/aromatic N) is 2. The first-order valence-corrected chi connectivity index (χ1v) is 11.9. The molecule has 174 valence electrons. The van der Waals surface area contributed by atoms with E-state index in [2.05, 4.69) is 53.6 Å². The minimum absolute atomic E-state index is 0.300. The molecule has 0 spiro atoms. The van der Waals surface area contributed by atoms with E-state index in [-0.39, 0.29) is 0 Å². The summed E-state index contributed by atoms with van der Waals surface area (Å²) in [6, 6.07) is 8.76. The predicted octanol–water partition coefficient (Wildman–Crippen LogP) is 2.55. The number of hydrogen-bond acceptors (Lipinski definition) is 5. The molecule has 7 nitrogen and oxygen atoms in total. The van der Waals surface area contributed by atoms with Gasteiger partial charge in [0.2, 0.25) is 0 Å². The summed E-state index contributed by atoms with van der Waals surface area (Å²) in [5.74, 6) is 0.856. The number of guanidine groups is 1. The number of benzene rings is 1. The fourth-order valence-corrected chi connectivity index (χ4v) is 4.00.